The molecule has 17 heavy (non-hydrogen) atoms. The second kappa shape index (κ2) is 5.80. The third-order valence-electron chi connectivity index (χ3n) is 3.18. The first-order valence-corrected chi connectivity index (χ1v) is 7.63. The SMILES string of the molecule is CN(C)C(N(C)C)C(C)(C)[SiH2]c1ccccc1. The Labute approximate surface area is 108 Å². The van der Waals surface area contributed by atoms with E-state index < -0.39 is 0 Å². The van der Waals surface area contributed by atoms with E-state index in [0.29, 0.717) is 11.2 Å². The average molecular weight is 250 g/mol. The van der Waals surface area contributed by atoms with Gasteiger partial charge in [0.2, 0.25) is 0 Å². The molecule has 1 aromatic carbocycles. The van der Waals surface area contributed by atoms with E-state index in [0.717, 1.165) is 0 Å². The first-order valence-electron chi connectivity index (χ1n) is 6.21. The second-order valence-electron chi connectivity index (χ2n) is 5.95. The molecule has 0 aliphatic rings. The molecule has 0 aliphatic carbocycles. The van der Waals surface area contributed by atoms with Crippen LogP contribution < -0.4 is 5.19 Å². The predicted molar refractivity (Wildman–Crippen MR) is 79.8 cm³/mol. The third-order valence-corrected chi connectivity index (χ3v) is 5.34. The van der Waals surface area contributed by atoms with Crippen LogP contribution in [0.25, 0.3) is 0 Å². The van der Waals surface area contributed by atoms with Gasteiger partial charge < -0.3 is 0 Å². The molecule has 0 spiro atoms. The lowest BCUT2D eigenvalue weighted by Gasteiger charge is -2.43. The second-order valence-corrected chi connectivity index (χ2v) is 8.94. The van der Waals surface area contributed by atoms with Crippen LogP contribution in [-0.4, -0.2) is 53.7 Å². The van der Waals surface area contributed by atoms with Crippen molar-refractivity contribution in [2.75, 3.05) is 28.2 Å². The van der Waals surface area contributed by atoms with Crippen molar-refractivity contribution in [1.82, 2.24) is 9.80 Å². The summed E-state index contributed by atoms with van der Waals surface area (Å²) in [5.41, 5.74) is 0. The van der Waals surface area contributed by atoms with Crippen molar-refractivity contribution in [3.05, 3.63) is 30.3 Å². The Bertz CT molecular complexity index is 325. The highest BCUT2D eigenvalue weighted by atomic mass is 28.2. The molecular weight excluding hydrogens is 224 g/mol. The van der Waals surface area contributed by atoms with Gasteiger partial charge in [-0.2, -0.15) is 0 Å². The van der Waals surface area contributed by atoms with Gasteiger partial charge in [0.05, 0.1) is 15.7 Å². The molecule has 0 radical (unpaired) electrons. The third kappa shape index (κ3) is 3.94. The lowest BCUT2D eigenvalue weighted by molar-refractivity contribution is 0.0930. The van der Waals surface area contributed by atoms with Crippen LogP contribution in [-0.2, 0) is 0 Å². The van der Waals surface area contributed by atoms with Gasteiger partial charge in [-0.15, -0.1) is 0 Å². The van der Waals surface area contributed by atoms with Gasteiger partial charge in [0.1, 0.15) is 0 Å². The molecule has 3 heteroatoms. The van der Waals surface area contributed by atoms with Crippen molar-refractivity contribution in [1.29, 1.82) is 0 Å². The van der Waals surface area contributed by atoms with E-state index in [4.69, 9.17) is 0 Å². The number of rotatable bonds is 5. The Morgan fingerprint density at radius 1 is 0.941 bits per heavy atom. The molecule has 0 unspecified atom stereocenters. The molecule has 2 nitrogen and oxygen atoms in total. The molecule has 0 N–H and O–H groups in total. The summed E-state index contributed by atoms with van der Waals surface area (Å²) in [5.74, 6) is 0. The summed E-state index contributed by atoms with van der Waals surface area (Å²) in [6, 6.07) is 10.9. The molecule has 1 aromatic rings. The molecule has 1 rings (SSSR count). The van der Waals surface area contributed by atoms with Crippen LogP contribution in [0.3, 0.4) is 0 Å². The van der Waals surface area contributed by atoms with Gasteiger partial charge in [-0.25, -0.2) is 0 Å². The Kier molecular flexibility index (Phi) is 4.92. The highest BCUT2D eigenvalue weighted by Crippen LogP contribution is 2.31. The summed E-state index contributed by atoms with van der Waals surface area (Å²) >= 11 is 0. The summed E-state index contributed by atoms with van der Waals surface area (Å²) < 4.78 is 0. The van der Waals surface area contributed by atoms with Crippen LogP contribution >= 0.6 is 0 Å². The topological polar surface area (TPSA) is 6.48 Å². The molecule has 0 atom stereocenters. The Hall–Kier alpha value is -0.643. The van der Waals surface area contributed by atoms with E-state index in [1.165, 1.54) is 0 Å². The van der Waals surface area contributed by atoms with Gasteiger partial charge in [-0.05, 0) is 33.2 Å². The maximum atomic E-state index is 2.40. The molecular formula is C14H26N2Si. The fourth-order valence-corrected chi connectivity index (χ4v) is 5.55. The highest BCUT2D eigenvalue weighted by molar-refractivity contribution is 6.56. The van der Waals surface area contributed by atoms with E-state index in [9.17, 15) is 0 Å². The minimum absolute atomic E-state index is 0.300. The van der Waals surface area contributed by atoms with Crippen molar-refractivity contribution < 1.29 is 0 Å². The molecule has 0 fully saturated rings. The van der Waals surface area contributed by atoms with E-state index >= 15 is 0 Å². The van der Waals surface area contributed by atoms with Crippen LogP contribution in [0.1, 0.15) is 13.8 Å². The minimum Gasteiger partial charge on any atom is -0.294 e. The zero-order chi connectivity index (χ0) is 13.1. The average Bonchev–Trinajstić information content (AvgIpc) is 2.15. The van der Waals surface area contributed by atoms with E-state index in [1.807, 2.05) is 0 Å². The van der Waals surface area contributed by atoms with Gasteiger partial charge in [-0.3, -0.25) is 9.80 Å². The Morgan fingerprint density at radius 3 is 1.82 bits per heavy atom. The first-order chi connectivity index (χ1) is 7.84. The minimum atomic E-state index is -0.300. The van der Waals surface area contributed by atoms with E-state index in [2.05, 4.69) is 82.2 Å². The van der Waals surface area contributed by atoms with Gasteiger partial charge in [0.15, 0.2) is 0 Å². The number of hydrogen-bond acceptors (Lipinski definition) is 2. The fraction of sp³-hybridized carbons (Fsp3) is 0.571. The summed E-state index contributed by atoms with van der Waals surface area (Å²) in [4.78, 5) is 4.66. The van der Waals surface area contributed by atoms with Gasteiger partial charge in [0, 0.05) is 0 Å². The zero-order valence-corrected chi connectivity index (χ0v) is 13.5. The molecule has 0 saturated carbocycles. The Morgan fingerprint density at radius 2 is 1.41 bits per heavy atom. The Balaban J connectivity index is 2.86. The molecule has 0 aromatic heterocycles. The van der Waals surface area contributed by atoms with Crippen molar-refractivity contribution in [2.45, 2.75) is 25.1 Å². The van der Waals surface area contributed by atoms with Crippen molar-refractivity contribution in [2.24, 2.45) is 0 Å². The van der Waals surface area contributed by atoms with Gasteiger partial charge in [-0.1, -0.05) is 49.4 Å². The summed E-state index contributed by atoms with van der Waals surface area (Å²) in [5, 5.41) is 1.90. The van der Waals surface area contributed by atoms with E-state index in [-0.39, 0.29) is 9.52 Å². The monoisotopic (exact) mass is 250 g/mol. The quantitative estimate of drug-likeness (QED) is 0.571. The summed E-state index contributed by atoms with van der Waals surface area (Å²) in [6.07, 6.45) is 0.495. The largest absolute Gasteiger partial charge is 0.294 e. The number of benzene rings is 1. The smallest absolute Gasteiger partial charge is 0.0638 e. The standard InChI is InChI=1S/C14H26N2Si/c1-14(2,13(15(3)4)16(5)6)17-12-10-8-7-9-11-12/h7-11,13H,17H2,1-6H3. The highest BCUT2D eigenvalue weighted by Gasteiger charge is 2.33. The van der Waals surface area contributed by atoms with Crippen LogP contribution in [0, 0.1) is 0 Å². The van der Waals surface area contributed by atoms with Gasteiger partial charge in [0.25, 0.3) is 0 Å². The van der Waals surface area contributed by atoms with Crippen molar-refractivity contribution in [3.63, 3.8) is 0 Å². The van der Waals surface area contributed by atoms with Crippen LogP contribution in [0.2, 0.25) is 5.04 Å². The molecule has 0 aliphatic heterocycles. The molecule has 96 valence electrons. The van der Waals surface area contributed by atoms with Gasteiger partial charge >= 0.3 is 0 Å². The molecule has 0 heterocycles. The maximum absolute atomic E-state index is 2.40. The molecule has 0 amide bonds. The summed E-state index contributed by atoms with van der Waals surface area (Å²) in [7, 11) is 8.39. The molecule has 0 saturated heterocycles. The zero-order valence-electron chi connectivity index (χ0n) is 12.1. The number of hydrogen-bond donors (Lipinski definition) is 0. The van der Waals surface area contributed by atoms with Crippen LogP contribution in [0.4, 0.5) is 0 Å². The fourth-order valence-electron chi connectivity index (χ4n) is 3.07. The van der Waals surface area contributed by atoms with Crippen molar-refractivity contribution in [3.8, 4) is 0 Å². The predicted octanol–water partition coefficient (Wildman–Crippen LogP) is 1.13. The summed E-state index contributed by atoms with van der Waals surface area (Å²) in [6.45, 7) is 4.80. The number of nitrogens with zero attached hydrogens (tertiary/aromatic N) is 2. The van der Waals surface area contributed by atoms with Crippen molar-refractivity contribution >= 4 is 14.7 Å². The van der Waals surface area contributed by atoms with Crippen LogP contribution in [0.15, 0.2) is 30.3 Å². The normalized spacial score (nSPS) is 13.5. The lowest BCUT2D eigenvalue weighted by atomic mass is 10.1. The maximum Gasteiger partial charge on any atom is 0.0638 e. The first kappa shape index (κ1) is 14.4. The van der Waals surface area contributed by atoms with E-state index in [1.54, 1.807) is 5.19 Å². The van der Waals surface area contributed by atoms with Crippen LogP contribution in [0.5, 0.6) is 0 Å². The lowest BCUT2D eigenvalue weighted by Crippen LogP contribution is -2.51. The molecule has 0 bridgehead atoms.